The molecule has 1 heterocycles. The quantitative estimate of drug-likeness (QED) is 0.703. The molecular formula is C17H22N2O4S2. The van der Waals surface area contributed by atoms with Crippen LogP contribution in [0.4, 0.5) is 0 Å². The number of thiophene rings is 1. The van der Waals surface area contributed by atoms with Gasteiger partial charge in [0.05, 0.1) is 18.0 Å². The molecule has 0 spiro atoms. The number of sulfonamides is 1. The maximum absolute atomic E-state index is 12.8. The van der Waals surface area contributed by atoms with Crippen molar-refractivity contribution in [3.63, 3.8) is 0 Å². The zero-order valence-electron chi connectivity index (χ0n) is 14.5. The normalized spacial score (nSPS) is 11.7. The summed E-state index contributed by atoms with van der Waals surface area (Å²) in [7, 11) is 1.04. The summed E-state index contributed by atoms with van der Waals surface area (Å²) in [5, 5.41) is 1.97. The highest BCUT2D eigenvalue weighted by molar-refractivity contribution is 7.89. The molecule has 0 aliphatic rings. The molecule has 1 aromatic heterocycles. The highest BCUT2D eigenvalue weighted by atomic mass is 32.2. The average molecular weight is 383 g/mol. The summed E-state index contributed by atoms with van der Waals surface area (Å²) < 4.78 is 30.5. The van der Waals surface area contributed by atoms with E-state index < -0.39 is 10.0 Å². The number of carbonyl (C=O) groups excluding carboxylic acids is 1. The van der Waals surface area contributed by atoms with Crippen molar-refractivity contribution in [1.29, 1.82) is 0 Å². The number of ether oxygens (including phenoxy) is 1. The van der Waals surface area contributed by atoms with E-state index in [-0.39, 0.29) is 10.8 Å². The lowest BCUT2D eigenvalue weighted by atomic mass is 10.2. The predicted molar refractivity (Wildman–Crippen MR) is 98.3 cm³/mol. The molecule has 6 nitrogen and oxygen atoms in total. The molecule has 0 unspecified atom stereocenters. The predicted octanol–water partition coefficient (Wildman–Crippen LogP) is 2.29. The van der Waals surface area contributed by atoms with Crippen LogP contribution in [0.3, 0.4) is 0 Å². The number of amides is 1. The Morgan fingerprint density at radius 1 is 1.16 bits per heavy atom. The van der Waals surface area contributed by atoms with E-state index in [0.717, 1.165) is 9.18 Å². The molecule has 0 radical (unpaired) electrons. The van der Waals surface area contributed by atoms with Crippen molar-refractivity contribution in [1.82, 2.24) is 9.21 Å². The first kappa shape index (κ1) is 19.6. The molecule has 0 saturated heterocycles. The van der Waals surface area contributed by atoms with Crippen LogP contribution in [-0.2, 0) is 21.3 Å². The third-order valence-electron chi connectivity index (χ3n) is 3.66. The molecule has 0 fully saturated rings. The summed E-state index contributed by atoms with van der Waals surface area (Å²) >= 11 is 1.59. The van der Waals surface area contributed by atoms with Crippen molar-refractivity contribution in [2.24, 2.45) is 0 Å². The van der Waals surface area contributed by atoms with E-state index in [4.69, 9.17) is 4.74 Å². The molecule has 2 aromatic rings. The minimum absolute atomic E-state index is 0.153. The first-order valence-electron chi connectivity index (χ1n) is 7.69. The van der Waals surface area contributed by atoms with Gasteiger partial charge in [0.1, 0.15) is 0 Å². The summed E-state index contributed by atoms with van der Waals surface area (Å²) in [6.07, 6.45) is 0. The Hall–Kier alpha value is -1.74. The van der Waals surface area contributed by atoms with E-state index in [1.807, 2.05) is 17.5 Å². The second kappa shape index (κ2) is 8.57. The number of nitrogens with zero attached hydrogens (tertiary/aromatic N) is 2. The number of hydrogen-bond donors (Lipinski definition) is 0. The SMILES string of the molecule is COCCN(Cc1cccs1)C(=O)c1ccc(S(=O)(=O)N(C)C)cc1. The Kier molecular flexibility index (Phi) is 6.71. The van der Waals surface area contributed by atoms with Gasteiger partial charge in [-0.2, -0.15) is 0 Å². The molecule has 0 saturated carbocycles. The minimum Gasteiger partial charge on any atom is -0.383 e. The van der Waals surface area contributed by atoms with Crippen LogP contribution >= 0.6 is 11.3 Å². The van der Waals surface area contributed by atoms with Crippen LogP contribution < -0.4 is 0 Å². The maximum Gasteiger partial charge on any atom is 0.254 e. The first-order valence-corrected chi connectivity index (χ1v) is 10.0. The monoisotopic (exact) mass is 382 g/mol. The van der Waals surface area contributed by atoms with E-state index in [1.165, 1.54) is 26.2 Å². The molecule has 0 atom stereocenters. The van der Waals surface area contributed by atoms with Crippen molar-refractivity contribution in [2.45, 2.75) is 11.4 Å². The molecule has 2 rings (SSSR count). The lowest BCUT2D eigenvalue weighted by Gasteiger charge is -2.22. The van der Waals surface area contributed by atoms with Crippen LogP contribution in [-0.4, -0.2) is 57.9 Å². The van der Waals surface area contributed by atoms with Crippen LogP contribution in [0.1, 0.15) is 15.2 Å². The molecule has 0 aliphatic carbocycles. The second-order valence-corrected chi connectivity index (χ2v) is 8.79. The van der Waals surface area contributed by atoms with Crippen LogP contribution in [0, 0.1) is 0 Å². The highest BCUT2D eigenvalue weighted by Crippen LogP contribution is 2.17. The smallest absolute Gasteiger partial charge is 0.254 e. The van der Waals surface area contributed by atoms with Gasteiger partial charge in [0.15, 0.2) is 0 Å². The van der Waals surface area contributed by atoms with Gasteiger partial charge in [-0.05, 0) is 35.7 Å². The third-order valence-corrected chi connectivity index (χ3v) is 6.35. The minimum atomic E-state index is -3.50. The summed E-state index contributed by atoms with van der Waals surface area (Å²) in [6, 6.07) is 9.94. The number of methoxy groups -OCH3 is 1. The number of hydrogen-bond acceptors (Lipinski definition) is 5. The fourth-order valence-electron chi connectivity index (χ4n) is 2.21. The van der Waals surface area contributed by atoms with E-state index in [1.54, 1.807) is 35.5 Å². The molecule has 25 heavy (non-hydrogen) atoms. The van der Waals surface area contributed by atoms with E-state index in [9.17, 15) is 13.2 Å². The lowest BCUT2D eigenvalue weighted by Crippen LogP contribution is -2.33. The molecule has 8 heteroatoms. The summed E-state index contributed by atoms with van der Waals surface area (Å²) in [5.41, 5.74) is 0.449. The third kappa shape index (κ3) is 4.88. The Balaban J connectivity index is 2.20. The number of benzene rings is 1. The Bertz CT molecular complexity index is 785. The zero-order chi connectivity index (χ0) is 18.4. The van der Waals surface area contributed by atoms with Crippen molar-refractivity contribution >= 4 is 27.3 Å². The fourth-order valence-corrected chi connectivity index (χ4v) is 3.83. The van der Waals surface area contributed by atoms with Crippen LogP contribution in [0.25, 0.3) is 0 Å². The van der Waals surface area contributed by atoms with E-state index in [0.29, 0.717) is 25.3 Å². The molecular weight excluding hydrogens is 360 g/mol. The van der Waals surface area contributed by atoms with E-state index >= 15 is 0 Å². The molecule has 0 N–H and O–H groups in total. The second-order valence-electron chi connectivity index (χ2n) is 5.61. The van der Waals surface area contributed by atoms with Gasteiger partial charge in [-0.3, -0.25) is 4.79 Å². The van der Waals surface area contributed by atoms with Crippen molar-refractivity contribution in [2.75, 3.05) is 34.4 Å². The lowest BCUT2D eigenvalue weighted by molar-refractivity contribution is 0.0682. The van der Waals surface area contributed by atoms with Crippen molar-refractivity contribution in [3.8, 4) is 0 Å². The topological polar surface area (TPSA) is 66.9 Å². The van der Waals surface area contributed by atoms with Gasteiger partial charge in [-0.15, -0.1) is 11.3 Å². The van der Waals surface area contributed by atoms with Gasteiger partial charge in [0.25, 0.3) is 5.91 Å². The standard InChI is InChI=1S/C17H22N2O4S2/c1-18(2)25(21,22)16-8-6-14(7-9-16)17(20)19(10-11-23-3)13-15-5-4-12-24-15/h4-9,12H,10-11,13H2,1-3H3. The van der Waals surface area contributed by atoms with Crippen molar-refractivity contribution < 1.29 is 17.9 Å². The maximum atomic E-state index is 12.8. The van der Waals surface area contributed by atoms with Crippen LogP contribution in [0.2, 0.25) is 0 Å². The molecule has 1 amide bonds. The average Bonchev–Trinajstić information content (AvgIpc) is 3.11. The fraction of sp³-hybridized carbons (Fsp3) is 0.353. The molecule has 0 bridgehead atoms. The first-order chi connectivity index (χ1) is 11.9. The van der Waals surface area contributed by atoms with Gasteiger partial charge >= 0.3 is 0 Å². The van der Waals surface area contributed by atoms with Crippen LogP contribution in [0.15, 0.2) is 46.7 Å². The largest absolute Gasteiger partial charge is 0.383 e. The number of rotatable bonds is 8. The Morgan fingerprint density at radius 2 is 1.84 bits per heavy atom. The molecule has 1 aromatic carbocycles. The van der Waals surface area contributed by atoms with Gasteiger partial charge < -0.3 is 9.64 Å². The number of carbonyl (C=O) groups is 1. The highest BCUT2D eigenvalue weighted by Gasteiger charge is 2.20. The summed E-state index contributed by atoms with van der Waals surface area (Å²) in [5.74, 6) is -0.153. The van der Waals surface area contributed by atoms with Crippen LogP contribution in [0.5, 0.6) is 0 Å². The Morgan fingerprint density at radius 3 is 2.36 bits per heavy atom. The molecule has 136 valence electrons. The van der Waals surface area contributed by atoms with Gasteiger partial charge in [-0.1, -0.05) is 6.07 Å². The summed E-state index contributed by atoms with van der Waals surface area (Å²) in [4.78, 5) is 15.7. The van der Waals surface area contributed by atoms with E-state index in [2.05, 4.69) is 0 Å². The molecule has 0 aliphatic heterocycles. The van der Waals surface area contributed by atoms with Crippen molar-refractivity contribution in [3.05, 3.63) is 52.2 Å². The van der Waals surface area contributed by atoms with Gasteiger partial charge in [0, 0.05) is 38.2 Å². The Labute approximate surface area is 152 Å². The van der Waals surface area contributed by atoms with Gasteiger partial charge in [0.2, 0.25) is 10.0 Å². The zero-order valence-corrected chi connectivity index (χ0v) is 16.1. The van der Waals surface area contributed by atoms with Gasteiger partial charge in [-0.25, -0.2) is 12.7 Å². The summed E-state index contributed by atoms with van der Waals surface area (Å²) in [6.45, 7) is 1.40.